The molecule has 0 amide bonds. The average molecular weight is 291 g/mol. The number of methoxy groups -OCH3 is 1. The third kappa shape index (κ3) is 3.30. The minimum absolute atomic E-state index is 0.285. The molecule has 21 heavy (non-hydrogen) atoms. The molecule has 1 unspecified atom stereocenters. The second-order valence-corrected chi connectivity index (χ2v) is 5.02. The van der Waals surface area contributed by atoms with Gasteiger partial charge in [0.25, 0.3) is 0 Å². The lowest BCUT2D eigenvalue weighted by Gasteiger charge is -2.14. The fourth-order valence-corrected chi connectivity index (χ4v) is 2.46. The number of nitrogens with one attached hydrogen (secondary N) is 1. The molecular formula is C14H21N5O2. The van der Waals surface area contributed by atoms with Gasteiger partial charge in [0.15, 0.2) is 0 Å². The molecule has 0 aliphatic rings. The Kier molecular flexibility index (Phi) is 4.74. The first kappa shape index (κ1) is 15.2. The third-order valence-electron chi connectivity index (χ3n) is 3.47. The molecule has 2 aromatic rings. The number of hydrogen-bond acceptors (Lipinski definition) is 7. The second-order valence-electron chi connectivity index (χ2n) is 5.02. The Morgan fingerprint density at radius 1 is 1.38 bits per heavy atom. The molecule has 7 nitrogen and oxygen atoms in total. The van der Waals surface area contributed by atoms with Gasteiger partial charge in [0, 0.05) is 18.7 Å². The van der Waals surface area contributed by atoms with E-state index in [9.17, 15) is 0 Å². The lowest BCUT2D eigenvalue weighted by molar-refractivity contribution is 0.388. The summed E-state index contributed by atoms with van der Waals surface area (Å²) >= 11 is 0. The van der Waals surface area contributed by atoms with Crippen molar-refractivity contribution in [1.29, 1.82) is 0 Å². The van der Waals surface area contributed by atoms with Crippen molar-refractivity contribution in [2.45, 2.75) is 33.2 Å². The molecule has 0 saturated carbocycles. The molecular weight excluding hydrogens is 270 g/mol. The van der Waals surface area contributed by atoms with E-state index in [2.05, 4.69) is 27.4 Å². The van der Waals surface area contributed by atoms with E-state index in [1.54, 1.807) is 7.11 Å². The van der Waals surface area contributed by atoms with Gasteiger partial charge in [-0.3, -0.25) is 0 Å². The SMILES string of the molecule is COc1ncnc(N)c1CNCC(C)c1c(C)noc1C. The number of nitrogen functional groups attached to an aromatic ring is 1. The largest absolute Gasteiger partial charge is 0.481 e. The van der Waals surface area contributed by atoms with Gasteiger partial charge in [-0.2, -0.15) is 0 Å². The summed E-state index contributed by atoms with van der Waals surface area (Å²) in [4.78, 5) is 8.04. The van der Waals surface area contributed by atoms with Crippen LogP contribution in [0.2, 0.25) is 0 Å². The monoisotopic (exact) mass is 291 g/mol. The normalized spacial score (nSPS) is 12.4. The number of anilines is 1. The molecule has 0 aliphatic heterocycles. The molecule has 1 atom stereocenters. The Labute approximate surface area is 123 Å². The summed E-state index contributed by atoms with van der Waals surface area (Å²) in [5.41, 5.74) is 8.71. The molecule has 7 heteroatoms. The zero-order chi connectivity index (χ0) is 15.4. The van der Waals surface area contributed by atoms with Crippen molar-refractivity contribution in [2.24, 2.45) is 0 Å². The molecule has 3 N–H and O–H groups in total. The van der Waals surface area contributed by atoms with E-state index in [4.69, 9.17) is 15.0 Å². The number of nitrogens with zero attached hydrogens (tertiary/aromatic N) is 3. The Morgan fingerprint density at radius 2 is 2.14 bits per heavy atom. The van der Waals surface area contributed by atoms with E-state index < -0.39 is 0 Å². The number of ether oxygens (including phenoxy) is 1. The fraction of sp³-hybridized carbons (Fsp3) is 0.500. The highest BCUT2D eigenvalue weighted by Crippen LogP contribution is 2.23. The number of aryl methyl sites for hydroxylation is 2. The van der Waals surface area contributed by atoms with E-state index in [0.717, 1.165) is 29.1 Å². The van der Waals surface area contributed by atoms with Crippen LogP contribution >= 0.6 is 0 Å². The van der Waals surface area contributed by atoms with Crippen molar-refractivity contribution < 1.29 is 9.26 Å². The van der Waals surface area contributed by atoms with Crippen LogP contribution in [0.5, 0.6) is 5.88 Å². The molecule has 0 aromatic carbocycles. The van der Waals surface area contributed by atoms with E-state index in [1.165, 1.54) is 6.33 Å². The van der Waals surface area contributed by atoms with Gasteiger partial charge in [-0.15, -0.1) is 0 Å². The predicted octanol–water partition coefficient (Wildman–Crippen LogP) is 1.57. The highest BCUT2D eigenvalue weighted by molar-refractivity contribution is 5.44. The molecule has 2 heterocycles. The first-order chi connectivity index (χ1) is 10.0. The fourth-order valence-electron chi connectivity index (χ4n) is 2.46. The molecule has 114 valence electrons. The molecule has 2 aromatic heterocycles. The maximum Gasteiger partial charge on any atom is 0.222 e. The third-order valence-corrected chi connectivity index (χ3v) is 3.47. The molecule has 2 rings (SSSR count). The molecule has 0 radical (unpaired) electrons. The summed E-state index contributed by atoms with van der Waals surface area (Å²) < 4.78 is 10.4. The molecule has 0 saturated heterocycles. The summed E-state index contributed by atoms with van der Waals surface area (Å²) in [6.45, 7) is 7.32. The number of nitrogens with two attached hydrogens (primary N) is 1. The zero-order valence-corrected chi connectivity index (χ0v) is 12.8. The first-order valence-corrected chi connectivity index (χ1v) is 6.81. The van der Waals surface area contributed by atoms with Crippen molar-refractivity contribution in [1.82, 2.24) is 20.4 Å². The van der Waals surface area contributed by atoms with Crippen LogP contribution in [0.15, 0.2) is 10.9 Å². The minimum Gasteiger partial charge on any atom is -0.481 e. The topological polar surface area (TPSA) is 99.1 Å². The maximum absolute atomic E-state index is 5.86. The van der Waals surface area contributed by atoms with E-state index in [1.807, 2.05) is 13.8 Å². The predicted molar refractivity (Wildman–Crippen MR) is 79.1 cm³/mol. The smallest absolute Gasteiger partial charge is 0.222 e. The molecule has 0 spiro atoms. The first-order valence-electron chi connectivity index (χ1n) is 6.81. The van der Waals surface area contributed by atoms with E-state index in [-0.39, 0.29) is 5.92 Å². The minimum atomic E-state index is 0.285. The second kappa shape index (κ2) is 6.53. The van der Waals surface area contributed by atoms with Gasteiger partial charge >= 0.3 is 0 Å². The number of aromatic nitrogens is 3. The zero-order valence-electron chi connectivity index (χ0n) is 12.8. The van der Waals surface area contributed by atoms with Gasteiger partial charge in [0.05, 0.1) is 18.4 Å². The lowest BCUT2D eigenvalue weighted by Crippen LogP contribution is -2.21. The standard InChI is InChI=1S/C14H21N5O2/c1-8(12-9(2)19-21-10(12)3)5-16-6-11-13(15)17-7-18-14(11)20-4/h7-8,16H,5-6H2,1-4H3,(H2,15,17,18). The van der Waals surface area contributed by atoms with Gasteiger partial charge in [0.1, 0.15) is 17.9 Å². The molecule has 0 aliphatic carbocycles. The highest BCUT2D eigenvalue weighted by Gasteiger charge is 2.16. The summed E-state index contributed by atoms with van der Waals surface area (Å²) in [6, 6.07) is 0. The molecule has 0 bridgehead atoms. The van der Waals surface area contributed by atoms with Crippen LogP contribution in [0.4, 0.5) is 5.82 Å². The van der Waals surface area contributed by atoms with Crippen molar-refractivity contribution in [3.8, 4) is 5.88 Å². The van der Waals surface area contributed by atoms with Crippen LogP contribution in [0.3, 0.4) is 0 Å². The Balaban J connectivity index is 1.99. The summed E-state index contributed by atoms with van der Waals surface area (Å²) in [7, 11) is 1.57. The summed E-state index contributed by atoms with van der Waals surface area (Å²) in [5.74, 6) is 2.08. The van der Waals surface area contributed by atoms with E-state index in [0.29, 0.717) is 18.2 Å². The Hall–Kier alpha value is -2.15. The number of rotatable bonds is 6. The average Bonchev–Trinajstić information content (AvgIpc) is 2.79. The van der Waals surface area contributed by atoms with Crippen molar-refractivity contribution in [2.75, 3.05) is 19.4 Å². The van der Waals surface area contributed by atoms with Gasteiger partial charge in [0.2, 0.25) is 5.88 Å². The van der Waals surface area contributed by atoms with Crippen LogP contribution in [0.25, 0.3) is 0 Å². The van der Waals surface area contributed by atoms with E-state index >= 15 is 0 Å². The van der Waals surface area contributed by atoms with Crippen LogP contribution in [-0.2, 0) is 6.54 Å². The van der Waals surface area contributed by atoms with Crippen LogP contribution in [0.1, 0.15) is 35.4 Å². The van der Waals surface area contributed by atoms with Gasteiger partial charge in [-0.05, 0) is 19.8 Å². The Bertz CT molecular complexity index is 592. The van der Waals surface area contributed by atoms with Crippen LogP contribution < -0.4 is 15.8 Å². The van der Waals surface area contributed by atoms with Crippen LogP contribution in [0, 0.1) is 13.8 Å². The summed E-state index contributed by atoms with van der Waals surface area (Å²) in [6.07, 6.45) is 1.39. The van der Waals surface area contributed by atoms with Crippen LogP contribution in [-0.4, -0.2) is 28.8 Å². The lowest BCUT2D eigenvalue weighted by atomic mass is 9.99. The van der Waals surface area contributed by atoms with Crippen molar-refractivity contribution in [3.05, 3.63) is 28.9 Å². The summed E-state index contributed by atoms with van der Waals surface area (Å²) in [5, 5.41) is 7.33. The number of hydrogen-bond donors (Lipinski definition) is 2. The van der Waals surface area contributed by atoms with Gasteiger partial charge in [-0.25, -0.2) is 9.97 Å². The van der Waals surface area contributed by atoms with Crippen molar-refractivity contribution in [3.63, 3.8) is 0 Å². The highest BCUT2D eigenvalue weighted by atomic mass is 16.5. The van der Waals surface area contributed by atoms with Crippen molar-refractivity contribution >= 4 is 5.82 Å². The maximum atomic E-state index is 5.86. The van der Waals surface area contributed by atoms with Gasteiger partial charge < -0.3 is 20.3 Å². The molecule has 0 fully saturated rings. The van der Waals surface area contributed by atoms with Gasteiger partial charge in [-0.1, -0.05) is 12.1 Å². The Morgan fingerprint density at radius 3 is 2.76 bits per heavy atom. The quantitative estimate of drug-likeness (QED) is 0.833.